The van der Waals surface area contributed by atoms with Gasteiger partial charge in [0.05, 0.1) is 13.2 Å². The summed E-state index contributed by atoms with van der Waals surface area (Å²) in [6.45, 7) is 3.98. The van der Waals surface area contributed by atoms with Gasteiger partial charge in [0.2, 0.25) is 0 Å². The summed E-state index contributed by atoms with van der Waals surface area (Å²) in [5.41, 5.74) is 1.59. The highest BCUT2D eigenvalue weighted by Crippen LogP contribution is 2.42. The lowest BCUT2D eigenvalue weighted by Gasteiger charge is -2.36. The standard InChI is InChI=1S/C18H22N2O3/c21-12-18-5-6-23-10-15(18)9-20(11-18)8-14-7-13-3-1-2-4-16(13)19-17(14)22/h1-4,7,15,21H,5-6,8-12H2,(H,19,22)/t15-,18-/m1/s1. The Bertz CT molecular complexity index is 772. The fourth-order valence-corrected chi connectivity index (χ4v) is 4.09. The summed E-state index contributed by atoms with van der Waals surface area (Å²) >= 11 is 0. The van der Waals surface area contributed by atoms with Crippen LogP contribution in [0.1, 0.15) is 12.0 Å². The zero-order chi connectivity index (χ0) is 15.9. The largest absolute Gasteiger partial charge is 0.396 e. The van der Waals surface area contributed by atoms with Crippen molar-refractivity contribution in [3.05, 3.63) is 46.2 Å². The Labute approximate surface area is 134 Å². The number of hydrogen-bond acceptors (Lipinski definition) is 4. The SMILES string of the molecule is O=c1[nH]c2ccccc2cc1CN1C[C@@H]2COCC[C@]2(CO)C1. The van der Waals surface area contributed by atoms with Crippen LogP contribution in [0.2, 0.25) is 0 Å². The number of nitrogens with one attached hydrogen (secondary N) is 1. The van der Waals surface area contributed by atoms with Crippen LogP contribution in [-0.4, -0.2) is 47.9 Å². The normalized spacial score (nSPS) is 28.1. The van der Waals surface area contributed by atoms with Crippen LogP contribution in [-0.2, 0) is 11.3 Å². The van der Waals surface area contributed by atoms with Crippen LogP contribution in [0.15, 0.2) is 35.1 Å². The number of benzene rings is 1. The summed E-state index contributed by atoms with van der Waals surface area (Å²) in [6.07, 6.45) is 0.902. The van der Waals surface area contributed by atoms with E-state index in [-0.39, 0.29) is 17.6 Å². The van der Waals surface area contributed by atoms with Gasteiger partial charge >= 0.3 is 0 Å². The van der Waals surface area contributed by atoms with Gasteiger partial charge in [-0.2, -0.15) is 0 Å². The molecule has 0 spiro atoms. The van der Waals surface area contributed by atoms with Gasteiger partial charge < -0.3 is 14.8 Å². The molecule has 0 saturated carbocycles. The molecule has 2 aliphatic rings. The van der Waals surface area contributed by atoms with Crippen LogP contribution in [0.25, 0.3) is 10.9 Å². The number of likely N-dealkylation sites (tertiary alicyclic amines) is 1. The van der Waals surface area contributed by atoms with Crippen molar-refractivity contribution < 1.29 is 9.84 Å². The monoisotopic (exact) mass is 314 g/mol. The van der Waals surface area contributed by atoms with Crippen LogP contribution >= 0.6 is 0 Å². The minimum atomic E-state index is -0.0537. The minimum Gasteiger partial charge on any atom is -0.396 e. The van der Waals surface area contributed by atoms with Crippen molar-refractivity contribution in [2.45, 2.75) is 13.0 Å². The molecule has 122 valence electrons. The number of H-pyrrole nitrogens is 1. The van der Waals surface area contributed by atoms with E-state index in [1.807, 2.05) is 30.3 Å². The second kappa shape index (κ2) is 5.74. The predicted octanol–water partition coefficient (Wildman–Crippen LogP) is 1.36. The average Bonchev–Trinajstić information content (AvgIpc) is 2.94. The molecule has 2 saturated heterocycles. The lowest BCUT2D eigenvalue weighted by Crippen LogP contribution is -2.41. The molecule has 2 fully saturated rings. The number of aromatic amines is 1. The number of para-hydroxylation sites is 1. The molecule has 3 heterocycles. The van der Waals surface area contributed by atoms with E-state index < -0.39 is 0 Å². The van der Waals surface area contributed by atoms with E-state index >= 15 is 0 Å². The van der Waals surface area contributed by atoms with E-state index in [9.17, 15) is 9.90 Å². The van der Waals surface area contributed by atoms with E-state index in [0.717, 1.165) is 42.6 Å². The fourth-order valence-electron chi connectivity index (χ4n) is 4.09. The number of hydrogen-bond donors (Lipinski definition) is 2. The van der Waals surface area contributed by atoms with Crippen LogP contribution in [0.4, 0.5) is 0 Å². The van der Waals surface area contributed by atoms with Crippen LogP contribution < -0.4 is 5.56 Å². The molecule has 2 atom stereocenters. The Hall–Kier alpha value is -1.69. The summed E-state index contributed by atoms with van der Waals surface area (Å²) in [4.78, 5) is 17.6. The molecular formula is C18H22N2O3. The Morgan fingerprint density at radius 3 is 3.09 bits per heavy atom. The first-order valence-corrected chi connectivity index (χ1v) is 8.22. The Morgan fingerprint density at radius 2 is 2.26 bits per heavy atom. The molecule has 1 aromatic carbocycles. The van der Waals surface area contributed by atoms with E-state index in [2.05, 4.69) is 9.88 Å². The molecule has 0 aliphatic carbocycles. The van der Waals surface area contributed by atoms with Crippen molar-refractivity contribution in [1.29, 1.82) is 0 Å². The second-order valence-corrected chi connectivity index (χ2v) is 6.92. The van der Waals surface area contributed by atoms with Crippen molar-refractivity contribution in [3.8, 4) is 0 Å². The maximum absolute atomic E-state index is 12.3. The van der Waals surface area contributed by atoms with Crippen molar-refractivity contribution in [2.75, 3.05) is 32.9 Å². The molecule has 0 radical (unpaired) electrons. The zero-order valence-electron chi connectivity index (χ0n) is 13.1. The number of nitrogens with zero attached hydrogens (tertiary/aromatic N) is 1. The first-order chi connectivity index (χ1) is 11.2. The molecule has 5 heteroatoms. The van der Waals surface area contributed by atoms with E-state index in [4.69, 9.17) is 4.74 Å². The molecule has 1 aromatic heterocycles. The molecule has 5 nitrogen and oxygen atoms in total. The molecule has 0 unspecified atom stereocenters. The number of fused-ring (bicyclic) bond motifs is 2. The van der Waals surface area contributed by atoms with Gasteiger partial charge in [0.1, 0.15) is 0 Å². The first kappa shape index (κ1) is 14.9. The molecular weight excluding hydrogens is 292 g/mol. The Morgan fingerprint density at radius 1 is 1.39 bits per heavy atom. The summed E-state index contributed by atoms with van der Waals surface area (Å²) in [6, 6.07) is 9.82. The molecule has 2 N–H and O–H groups in total. The van der Waals surface area contributed by atoms with Crippen molar-refractivity contribution in [1.82, 2.24) is 9.88 Å². The van der Waals surface area contributed by atoms with Gasteiger partial charge in [0, 0.05) is 48.7 Å². The van der Waals surface area contributed by atoms with Gasteiger partial charge in [0.15, 0.2) is 0 Å². The highest BCUT2D eigenvalue weighted by Gasteiger charge is 2.47. The van der Waals surface area contributed by atoms with Gasteiger partial charge in [-0.1, -0.05) is 18.2 Å². The van der Waals surface area contributed by atoms with Crippen molar-refractivity contribution >= 4 is 10.9 Å². The molecule has 2 aromatic rings. The third-order valence-electron chi connectivity index (χ3n) is 5.49. The van der Waals surface area contributed by atoms with Gasteiger partial charge in [-0.15, -0.1) is 0 Å². The third kappa shape index (κ3) is 2.59. The molecule has 2 aliphatic heterocycles. The van der Waals surface area contributed by atoms with E-state index in [0.29, 0.717) is 19.1 Å². The Balaban J connectivity index is 1.59. The van der Waals surface area contributed by atoms with Crippen LogP contribution in [0, 0.1) is 11.3 Å². The number of aliphatic hydroxyl groups excluding tert-OH is 1. The average molecular weight is 314 g/mol. The predicted molar refractivity (Wildman–Crippen MR) is 88.3 cm³/mol. The van der Waals surface area contributed by atoms with Gasteiger partial charge in [-0.05, 0) is 23.9 Å². The van der Waals surface area contributed by atoms with Crippen LogP contribution in [0.5, 0.6) is 0 Å². The number of aliphatic hydroxyl groups is 1. The lowest BCUT2D eigenvalue weighted by molar-refractivity contribution is -0.0417. The summed E-state index contributed by atoms with van der Waals surface area (Å²) in [5.74, 6) is 0.362. The highest BCUT2D eigenvalue weighted by molar-refractivity contribution is 5.78. The quantitative estimate of drug-likeness (QED) is 0.898. The van der Waals surface area contributed by atoms with E-state index in [1.165, 1.54) is 0 Å². The van der Waals surface area contributed by atoms with E-state index in [1.54, 1.807) is 0 Å². The maximum atomic E-state index is 12.3. The number of pyridine rings is 1. The molecule has 23 heavy (non-hydrogen) atoms. The lowest BCUT2D eigenvalue weighted by atomic mass is 9.75. The Kier molecular flexibility index (Phi) is 3.71. The maximum Gasteiger partial charge on any atom is 0.252 e. The summed E-state index contributed by atoms with van der Waals surface area (Å²) < 4.78 is 5.58. The molecule has 0 amide bonds. The third-order valence-corrected chi connectivity index (χ3v) is 5.49. The van der Waals surface area contributed by atoms with Crippen molar-refractivity contribution in [2.24, 2.45) is 11.3 Å². The zero-order valence-corrected chi connectivity index (χ0v) is 13.1. The van der Waals surface area contributed by atoms with Gasteiger partial charge in [-0.3, -0.25) is 9.69 Å². The molecule has 0 bridgehead atoms. The summed E-state index contributed by atoms with van der Waals surface area (Å²) in [7, 11) is 0. The van der Waals surface area contributed by atoms with Crippen LogP contribution in [0.3, 0.4) is 0 Å². The van der Waals surface area contributed by atoms with Gasteiger partial charge in [-0.25, -0.2) is 0 Å². The number of rotatable bonds is 3. The summed E-state index contributed by atoms with van der Waals surface area (Å²) in [5, 5.41) is 10.9. The molecule has 4 rings (SSSR count). The number of aromatic nitrogens is 1. The number of ether oxygens (including phenoxy) is 1. The highest BCUT2D eigenvalue weighted by atomic mass is 16.5. The minimum absolute atomic E-state index is 0.0205. The smallest absolute Gasteiger partial charge is 0.252 e. The topological polar surface area (TPSA) is 65.6 Å². The van der Waals surface area contributed by atoms with Gasteiger partial charge in [0.25, 0.3) is 5.56 Å². The second-order valence-electron chi connectivity index (χ2n) is 6.92. The fraction of sp³-hybridized carbons (Fsp3) is 0.500. The first-order valence-electron chi connectivity index (χ1n) is 8.22. The van der Waals surface area contributed by atoms with Crippen molar-refractivity contribution in [3.63, 3.8) is 0 Å².